The van der Waals surface area contributed by atoms with Crippen molar-refractivity contribution in [3.05, 3.63) is 45.1 Å². The lowest BCUT2D eigenvalue weighted by Gasteiger charge is -2.28. The maximum absolute atomic E-state index is 12.2. The fourth-order valence-electron chi connectivity index (χ4n) is 3.18. The smallest absolute Gasteiger partial charge is 0.254 e. The third-order valence-corrected chi connectivity index (χ3v) is 4.74. The van der Waals surface area contributed by atoms with Crippen LogP contribution in [-0.4, -0.2) is 36.7 Å². The van der Waals surface area contributed by atoms with Crippen LogP contribution >= 0.6 is 0 Å². The highest BCUT2D eigenvalue weighted by atomic mass is 16.3. The van der Waals surface area contributed by atoms with Gasteiger partial charge in [-0.1, -0.05) is 6.07 Å². The number of rotatable bonds is 3. The van der Waals surface area contributed by atoms with Gasteiger partial charge in [0.25, 0.3) is 5.56 Å². The Balaban J connectivity index is 1.58. The third kappa shape index (κ3) is 2.60. The van der Waals surface area contributed by atoms with Crippen LogP contribution < -0.4 is 5.56 Å². The lowest BCUT2D eigenvalue weighted by Crippen LogP contribution is -2.35. The number of H-pyrrole nitrogens is 1. The number of phenolic OH excluding ortho intramolecular Hbond substituents is 3. The zero-order valence-electron chi connectivity index (χ0n) is 13.1. The average Bonchev–Trinajstić information content (AvgIpc) is 3.40. The molecule has 1 saturated carbocycles. The fraction of sp³-hybridized carbons (Fsp3) is 0.412. The predicted molar refractivity (Wildman–Crippen MR) is 86.1 cm³/mol. The summed E-state index contributed by atoms with van der Waals surface area (Å²) in [5.41, 5.74) is 2.04. The van der Waals surface area contributed by atoms with Gasteiger partial charge in [-0.05, 0) is 25.3 Å². The maximum atomic E-state index is 12.2. The SMILES string of the molecule is O=c1[nH]c(C2CC2)nc2c1CCN(Cc1ccc(O)c(O)c1O)C2. The van der Waals surface area contributed by atoms with Crippen LogP contribution in [-0.2, 0) is 19.5 Å². The summed E-state index contributed by atoms with van der Waals surface area (Å²) < 4.78 is 0. The number of aromatic amines is 1. The number of nitrogens with zero attached hydrogens (tertiary/aromatic N) is 2. The van der Waals surface area contributed by atoms with Gasteiger partial charge in [-0.2, -0.15) is 0 Å². The second-order valence-electron chi connectivity index (χ2n) is 6.55. The molecule has 2 aliphatic rings. The van der Waals surface area contributed by atoms with E-state index in [2.05, 4.69) is 14.9 Å². The van der Waals surface area contributed by atoms with E-state index >= 15 is 0 Å². The number of aromatic nitrogens is 2. The Hall–Kier alpha value is -2.54. The van der Waals surface area contributed by atoms with E-state index in [4.69, 9.17) is 0 Å². The molecule has 1 aromatic carbocycles. The van der Waals surface area contributed by atoms with Gasteiger partial charge >= 0.3 is 0 Å². The van der Waals surface area contributed by atoms with Crippen molar-refractivity contribution in [2.75, 3.05) is 6.54 Å². The van der Waals surface area contributed by atoms with Crippen molar-refractivity contribution in [1.82, 2.24) is 14.9 Å². The van der Waals surface area contributed by atoms with Gasteiger partial charge in [-0.3, -0.25) is 9.69 Å². The van der Waals surface area contributed by atoms with E-state index in [1.165, 1.54) is 6.07 Å². The summed E-state index contributed by atoms with van der Waals surface area (Å²) in [5.74, 6) is 0.0125. The van der Waals surface area contributed by atoms with E-state index in [9.17, 15) is 20.1 Å². The standard InChI is InChI=1S/C17H19N3O4/c21-13-4-3-10(14(22)15(13)23)7-20-6-5-11-12(8-20)18-16(9-1-2-9)19-17(11)24/h3-4,9,21-23H,1-2,5-8H2,(H,18,19,24). The van der Waals surface area contributed by atoms with E-state index in [0.717, 1.165) is 29.9 Å². The van der Waals surface area contributed by atoms with Gasteiger partial charge in [0.2, 0.25) is 5.75 Å². The topological polar surface area (TPSA) is 110 Å². The predicted octanol–water partition coefficient (Wildman–Crippen LogP) is 1.32. The highest BCUT2D eigenvalue weighted by molar-refractivity contribution is 5.53. The molecule has 0 atom stereocenters. The summed E-state index contributed by atoms with van der Waals surface area (Å²) >= 11 is 0. The number of nitrogens with one attached hydrogen (secondary N) is 1. The quantitative estimate of drug-likeness (QED) is 0.632. The summed E-state index contributed by atoms with van der Waals surface area (Å²) in [6, 6.07) is 2.94. The van der Waals surface area contributed by atoms with Crippen LogP contribution in [0.4, 0.5) is 0 Å². The molecule has 0 radical (unpaired) electrons. The van der Waals surface area contributed by atoms with E-state index < -0.39 is 5.75 Å². The van der Waals surface area contributed by atoms with Crippen LogP contribution in [0, 0.1) is 0 Å². The zero-order valence-corrected chi connectivity index (χ0v) is 13.1. The molecule has 24 heavy (non-hydrogen) atoms. The summed E-state index contributed by atoms with van der Waals surface area (Å²) in [4.78, 5) is 21.8. The lowest BCUT2D eigenvalue weighted by molar-refractivity contribution is 0.235. The Labute approximate surface area is 138 Å². The van der Waals surface area contributed by atoms with Crippen molar-refractivity contribution in [3.8, 4) is 17.2 Å². The minimum absolute atomic E-state index is 0.0355. The summed E-state index contributed by atoms with van der Waals surface area (Å²) in [7, 11) is 0. The molecule has 0 saturated heterocycles. The molecular weight excluding hydrogens is 310 g/mol. The maximum Gasteiger partial charge on any atom is 0.254 e. The van der Waals surface area contributed by atoms with Crippen LogP contribution in [0.15, 0.2) is 16.9 Å². The molecule has 0 bridgehead atoms. The number of benzene rings is 1. The van der Waals surface area contributed by atoms with Crippen molar-refractivity contribution in [3.63, 3.8) is 0 Å². The first-order chi connectivity index (χ1) is 11.5. The highest BCUT2D eigenvalue weighted by Gasteiger charge is 2.29. The molecule has 4 rings (SSSR count). The first-order valence-electron chi connectivity index (χ1n) is 8.10. The molecule has 2 heterocycles. The van der Waals surface area contributed by atoms with Crippen molar-refractivity contribution in [2.24, 2.45) is 0 Å². The minimum Gasteiger partial charge on any atom is -0.504 e. The molecule has 7 nitrogen and oxygen atoms in total. The molecule has 1 aliphatic carbocycles. The normalized spacial score (nSPS) is 17.7. The minimum atomic E-state index is -0.504. The fourth-order valence-corrected chi connectivity index (χ4v) is 3.18. The molecule has 2 aromatic rings. The van der Waals surface area contributed by atoms with Crippen molar-refractivity contribution < 1.29 is 15.3 Å². The van der Waals surface area contributed by atoms with E-state index in [0.29, 0.717) is 37.5 Å². The van der Waals surface area contributed by atoms with Crippen LogP contribution in [0.25, 0.3) is 0 Å². The van der Waals surface area contributed by atoms with Gasteiger partial charge in [0.05, 0.1) is 5.69 Å². The van der Waals surface area contributed by atoms with Crippen molar-refractivity contribution in [2.45, 2.75) is 38.3 Å². The Kier molecular flexibility index (Phi) is 3.45. The van der Waals surface area contributed by atoms with Crippen LogP contribution in [0.1, 0.15) is 41.4 Å². The van der Waals surface area contributed by atoms with Crippen LogP contribution in [0.3, 0.4) is 0 Å². The second kappa shape index (κ2) is 5.52. The van der Waals surface area contributed by atoms with Gasteiger partial charge in [0, 0.05) is 36.7 Å². The van der Waals surface area contributed by atoms with Crippen LogP contribution in [0.5, 0.6) is 17.2 Å². The molecular formula is C17H19N3O4. The van der Waals surface area contributed by atoms with Crippen molar-refractivity contribution in [1.29, 1.82) is 0 Å². The molecule has 0 spiro atoms. The number of phenols is 3. The molecule has 4 N–H and O–H groups in total. The first-order valence-corrected chi connectivity index (χ1v) is 8.10. The molecule has 1 fully saturated rings. The van der Waals surface area contributed by atoms with Gasteiger partial charge < -0.3 is 20.3 Å². The van der Waals surface area contributed by atoms with E-state index in [1.54, 1.807) is 6.07 Å². The number of hydrogen-bond acceptors (Lipinski definition) is 6. The zero-order chi connectivity index (χ0) is 16.8. The lowest BCUT2D eigenvalue weighted by atomic mass is 10.0. The average molecular weight is 329 g/mol. The van der Waals surface area contributed by atoms with Gasteiger partial charge in [-0.25, -0.2) is 4.98 Å². The number of aromatic hydroxyl groups is 3. The van der Waals surface area contributed by atoms with Gasteiger partial charge in [-0.15, -0.1) is 0 Å². The van der Waals surface area contributed by atoms with Crippen LogP contribution in [0.2, 0.25) is 0 Å². The second-order valence-corrected chi connectivity index (χ2v) is 6.55. The molecule has 0 unspecified atom stereocenters. The van der Waals surface area contributed by atoms with Crippen molar-refractivity contribution >= 4 is 0 Å². The summed E-state index contributed by atoms with van der Waals surface area (Å²) in [6.45, 7) is 1.61. The van der Waals surface area contributed by atoms with Gasteiger partial charge in [0.1, 0.15) is 5.82 Å². The van der Waals surface area contributed by atoms with E-state index in [-0.39, 0.29) is 17.1 Å². The third-order valence-electron chi connectivity index (χ3n) is 4.74. The molecule has 126 valence electrons. The molecule has 1 aromatic heterocycles. The summed E-state index contributed by atoms with van der Waals surface area (Å²) in [6.07, 6.45) is 2.76. The number of hydrogen-bond donors (Lipinski definition) is 4. The molecule has 1 aliphatic heterocycles. The van der Waals surface area contributed by atoms with E-state index in [1.807, 2.05) is 0 Å². The molecule has 0 amide bonds. The number of fused-ring (bicyclic) bond motifs is 1. The Morgan fingerprint density at radius 2 is 2.00 bits per heavy atom. The highest BCUT2D eigenvalue weighted by Crippen LogP contribution is 2.39. The first kappa shape index (κ1) is 15.0. The Bertz CT molecular complexity index is 858. The summed E-state index contributed by atoms with van der Waals surface area (Å²) in [5, 5.41) is 29.0. The molecule has 7 heteroatoms. The Morgan fingerprint density at radius 3 is 2.75 bits per heavy atom. The Morgan fingerprint density at radius 1 is 1.21 bits per heavy atom. The largest absolute Gasteiger partial charge is 0.504 e. The van der Waals surface area contributed by atoms with Gasteiger partial charge in [0.15, 0.2) is 11.5 Å². The monoisotopic (exact) mass is 329 g/mol.